The van der Waals surface area contributed by atoms with Gasteiger partial charge in [-0.05, 0) is 68.1 Å². The Bertz CT molecular complexity index is 1060. The molecule has 0 radical (unpaired) electrons. The number of amides is 1. The van der Waals surface area contributed by atoms with Crippen LogP contribution in [0, 0.1) is 0 Å². The number of fused-ring (bicyclic) bond motifs is 1. The van der Waals surface area contributed by atoms with Gasteiger partial charge in [0.25, 0.3) is 5.91 Å². The summed E-state index contributed by atoms with van der Waals surface area (Å²) in [7, 11) is -3.27. The first-order valence-corrected chi connectivity index (χ1v) is 12.7. The molecule has 7 heteroatoms. The Morgan fingerprint density at radius 3 is 2.39 bits per heavy atom. The van der Waals surface area contributed by atoms with Crippen molar-refractivity contribution in [1.82, 2.24) is 4.90 Å². The smallest absolute Gasteiger partial charge is 0.258 e. The average Bonchev–Trinajstić information content (AvgIpc) is 2.71. The van der Waals surface area contributed by atoms with Gasteiger partial charge in [-0.15, -0.1) is 0 Å². The Labute approximate surface area is 184 Å². The van der Waals surface area contributed by atoms with Gasteiger partial charge in [-0.2, -0.15) is 0 Å². The molecule has 166 valence electrons. The van der Waals surface area contributed by atoms with E-state index in [9.17, 15) is 13.2 Å². The molecule has 0 N–H and O–H groups in total. The van der Waals surface area contributed by atoms with Gasteiger partial charge in [0.05, 0.1) is 17.1 Å². The van der Waals surface area contributed by atoms with Crippen molar-refractivity contribution in [1.29, 1.82) is 0 Å². The van der Waals surface area contributed by atoms with Gasteiger partial charge >= 0.3 is 0 Å². The molecule has 2 aliphatic heterocycles. The second kappa shape index (κ2) is 8.73. The Morgan fingerprint density at radius 1 is 1.06 bits per heavy atom. The van der Waals surface area contributed by atoms with Crippen molar-refractivity contribution in [3.05, 3.63) is 59.2 Å². The minimum absolute atomic E-state index is 0.0479. The van der Waals surface area contributed by atoms with Gasteiger partial charge in [-0.3, -0.25) is 9.69 Å². The molecule has 2 aromatic carbocycles. The molecule has 0 bridgehead atoms. The molecule has 2 unspecified atom stereocenters. The number of hydrogen-bond donors (Lipinski definition) is 0. The Balaban J connectivity index is 1.49. The molecule has 1 fully saturated rings. The quantitative estimate of drug-likeness (QED) is 0.727. The predicted molar refractivity (Wildman–Crippen MR) is 121 cm³/mol. The third-order valence-corrected chi connectivity index (χ3v) is 7.06. The molecule has 2 aromatic rings. The summed E-state index contributed by atoms with van der Waals surface area (Å²) in [5.74, 6) is -0.0479. The fourth-order valence-electron chi connectivity index (χ4n) is 4.60. The van der Waals surface area contributed by atoms with Crippen molar-refractivity contribution in [3.63, 3.8) is 0 Å². The van der Waals surface area contributed by atoms with Crippen molar-refractivity contribution >= 4 is 21.4 Å². The summed E-state index contributed by atoms with van der Waals surface area (Å²) in [5, 5.41) is 0. The van der Waals surface area contributed by atoms with Crippen LogP contribution in [0.5, 0.6) is 0 Å². The number of nitrogens with zero attached hydrogens (tertiary/aromatic N) is 2. The van der Waals surface area contributed by atoms with Crippen molar-refractivity contribution in [2.24, 2.45) is 0 Å². The number of morpholine rings is 1. The second-order valence-corrected chi connectivity index (χ2v) is 10.8. The number of anilines is 1. The number of rotatable bonds is 4. The van der Waals surface area contributed by atoms with E-state index in [1.54, 1.807) is 23.1 Å². The standard InChI is InChI=1S/C24H30N2O4S/c1-17-14-25(15-18(2)30-17)16-19-6-8-20(9-7-19)24(27)26-12-4-5-21-13-22(31(3,28)29)10-11-23(21)26/h6-11,13,17-18H,4-5,12,14-16H2,1-3H3. The minimum atomic E-state index is -3.27. The molecular formula is C24H30N2O4S. The molecule has 6 nitrogen and oxygen atoms in total. The maximum Gasteiger partial charge on any atom is 0.258 e. The van der Waals surface area contributed by atoms with E-state index in [0.717, 1.165) is 43.7 Å². The first kappa shape index (κ1) is 22.0. The highest BCUT2D eigenvalue weighted by Gasteiger charge is 2.25. The first-order valence-electron chi connectivity index (χ1n) is 10.8. The second-order valence-electron chi connectivity index (χ2n) is 8.77. The van der Waals surface area contributed by atoms with Gasteiger partial charge in [0.2, 0.25) is 0 Å². The summed E-state index contributed by atoms with van der Waals surface area (Å²) >= 11 is 0. The zero-order chi connectivity index (χ0) is 22.2. The van der Waals surface area contributed by atoms with Crippen molar-refractivity contribution in [3.8, 4) is 0 Å². The average molecular weight is 443 g/mol. The van der Waals surface area contributed by atoms with Gasteiger partial charge in [-0.1, -0.05) is 12.1 Å². The minimum Gasteiger partial charge on any atom is -0.373 e. The zero-order valence-electron chi connectivity index (χ0n) is 18.4. The molecule has 0 saturated carbocycles. The molecule has 0 aliphatic carbocycles. The summed E-state index contributed by atoms with van der Waals surface area (Å²) in [6.07, 6.45) is 3.26. The van der Waals surface area contributed by atoms with E-state index in [1.807, 2.05) is 24.3 Å². The largest absolute Gasteiger partial charge is 0.373 e. The van der Waals surface area contributed by atoms with E-state index in [2.05, 4.69) is 18.7 Å². The van der Waals surface area contributed by atoms with Crippen LogP contribution in [-0.2, 0) is 27.5 Å². The molecule has 31 heavy (non-hydrogen) atoms. The van der Waals surface area contributed by atoms with Crippen LogP contribution in [0.4, 0.5) is 5.69 Å². The van der Waals surface area contributed by atoms with Crippen LogP contribution in [0.1, 0.15) is 41.8 Å². The summed E-state index contributed by atoms with van der Waals surface area (Å²) in [6, 6.07) is 12.9. The van der Waals surface area contributed by atoms with E-state index < -0.39 is 9.84 Å². The van der Waals surface area contributed by atoms with E-state index in [4.69, 9.17) is 4.74 Å². The van der Waals surface area contributed by atoms with Gasteiger partial charge in [-0.25, -0.2) is 8.42 Å². The highest BCUT2D eigenvalue weighted by atomic mass is 32.2. The molecular weight excluding hydrogens is 412 g/mol. The van der Waals surface area contributed by atoms with Gasteiger partial charge in [0.1, 0.15) is 0 Å². The number of ether oxygens (including phenoxy) is 1. The molecule has 0 aromatic heterocycles. The van der Waals surface area contributed by atoms with Crippen molar-refractivity contribution < 1.29 is 17.9 Å². The van der Waals surface area contributed by atoms with Crippen LogP contribution in [0.3, 0.4) is 0 Å². The SMILES string of the molecule is CC1CN(Cc2ccc(C(=O)N3CCCc4cc(S(C)(=O)=O)ccc43)cc2)CC(C)O1. The summed E-state index contributed by atoms with van der Waals surface area (Å²) in [4.78, 5) is 17.7. The molecule has 0 spiro atoms. The molecule has 1 amide bonds. The van der Waals surface area contributed by atoms with Crippen LogP contribution in [0.2, 0.25) is 0 Å². The van der Waals surface area contributed by atoms with Crippen LogP contribution in [-0.4, -0.2) is 57.3 Å². The molecule has 4 rings (SSSR count). The summed E-state index contributed by atoms with van der Waals surface area (Å²) < 4.78 is 29.6. The fourth-order valence-corrected chi connectivity index (χ4v) is 5.27. The fraction of sp³-hybridized carbons (Fsp3) is 0.458. The lowest BCUT2D eigenvalue weighted by Crippen LogP contribution is -2.44. The van der Waals surface area contributed by atoms with Gasteiger partial charge in [0, 0.05) is 43.7 Å². The van der Waals surface area contributed by atoms with Crippen LogP contribution in [0.25, 0.3) is 0 Å². The highest BCUT2D eigenvalue weighted by molar-refractivity contribution is 7.90. The third-order valence-electron chi connectivity index (χ3n) is 5.95. The number of benzene rings is 2. The number of hydrogen-bond acceptors (Lipinski definition) is 5. The maximum atomic E-state index is 13.2. The highest BCUT2D eigenvalue weighted by Crippen LogP contribution is 2.30. The van der Waals surface area contributed by atoms with Crippen LogP contribution in [0.15, 0.2) is 47.4 Å². The zero-order valence-corrected chi connectivity index (χ0v) is 19.2. The number of sulfone groups is 1. The molecule has 1 saturated heterocycles. The van der Waals surface area contributed by atoms with E-state index in [1.165, 1.54) is 11.8 Å². The topological polar surface area (TPSA) is 66.9 Å². The van der Waals surface area contributed by atoms with E-state index in [-0.39, 0.29) is 18.1 Å². The lowest BCUT2D eigenvalue weighted by atomic mass is 10.0. The normalized spacial score (nSPS) is 22.2. The van der Waals surface area contributed by atoms with Crippen molar-refractivity contribution in [2.45, 2.75) is 50.3 Å². The Morgan fingerprint density at radius 2 is 1.74 bits per heavy atom. The van der Waals surface area contributed by atoms with Crippen LogP contribution >= 0.6 is 0 Å². The molecule has 2 aliphatic rings. The molecule has 2 heterocycles. The van der Waals surface area contributed by atoms with Crippen molar-refractivity contribution in [2.75, 3.05) is 30.8 Å². The number of carbonyl (C=O) groups is 1. The summed E-state index contributed by atoms with van der Waals surface area (Å²) in [6.45, 7) is 7.48. The lowest BCUT2D eigenvalue weighted by molar-refractivity contribution is -0.0704. The number of carbonyl (C=O) groups excluding carboxylic acids is 1. The lowest BCUT2D eigenvalue weighted by Gasteiger charge is -2.35. The predicted octanol–water partition coefficient (Wildman–Crippen LogP) is 3.29. The Hall–Kier alpha value is -2.22. The first-order chi connectivity index (χ1) is 14.7. The molecule has 2 atom stereocenters. The third kappa shape index (κ3) is 5.00. The van der Waals surface area contributed by atoms with E-state index in [0.29, 0.717) is 17.0 Å². The van der Waals surface area contributed by atoms with Gasteiger partial charge in [0.15, 0.2) is 9.84 Å². The summed E-state index contributed by atoms with van der Waals surface area (Å²) in [5.41, 5.74) is 3.54. The van der Waals surface area contributed by atoms with E-state index >= 15 is 0 Å². The Kier molecular flexibility index (Phi) is 6.19. The monoisotopic (exact) mass is 442 g/mol. The number of aryl methyl sites for hydroxylation is 1. The van der Waals surface area contributed by atoms with Crippen LogP contribution < -0.4 is 4.90 Å². The maximum absolute atomic E-state index is 13.2. The van der Waals surface area contributed by atoms with Gasteiger partial charge < -0.3 is 9.64 Å².